The lowest BCUT2D eigenvalue weighted by molar-refractivity contribution is -0.0725. The van der Waals surface area contributed by atoms with Gasteiger partial charge in [0.2, 0.25) is 0 Å². The average molecular weight is 276 g/mol. The normalized spacial score (nSPS) is 28.2. The molecule has 1 aliphatic rings. The highest BCUT2D eigenvalue weighted by molar-refractivity contribution is 5.20. The summed E-state index contributed by atoms with van der Waals surface area (Å²) in [7, 11) is 0. The first-order chi connectivity index (χ1) is 9.70. The van der Waals surface area contributed by atoms with Crippen LogP contribution in [0.15, 0.2) is 30.3 Å². The average Bonchev–Trinajstić information content (AvgIpc) is 2.47. The van der Waals surface area contributed by atoms with Crippen molar-refractivity contribution in [3.05, 3.63) is 35.9 Å². The van der Waals surface area contributed by atoms with Crippen LogP contribution in [0.2, 0.25) is 0 Å². The molecule has 1 saturated carbocycles. The van der Waals surface area contributed by atoms with E-state index in [1.54, 1.807) is 0 Å². The van der Waals surface area contributed by atoms with Crippen molar-refractivity contribution < 1.29 is 9.84 Å². The van der Waals surface area contributed by atoms with Gasteiger partial charge in [-0.25, -0.2) is 0 Å². The van der Waals surface area contributed by atoms with Gasteiger partial charge in [0.15, 0.2) is 0 Å². The minimum absolute atomic E-state index is 0.00765. The molecule has 112 valence electrons. The van der Waals surface area contributed by atoms with E-state index in [4.69, 9.17) is 4.74 Å². The Morgan fingerprint density at radius 2 is 2.00 bits per heavy atom. The van der Waals surface area contributed by atoms with Crippen molar-refractivity contribution in [2.24, 2.45) is 5.92 Å². The van der Waals surface area contributed by atoms with Crippen LogP contribution in [0, 0.1) is 5.92 Å². The van der Waals surface area contributed by atoms with Gasteiger partial charge in [-0.1, -0.05) is 50.6 Å². The third kappa shape index (κ3) is 4.32. The first kappa shape index (κ1) is 15.5. The second-order valence-electron chi connectivity index (χ2n) is 6.25. The summed E-state index contributed by atoms with van der Waals surface area (Å²) in [6.45, 7) is 5.21. The SMILES string of the molecule is CCCC(C)COC1CC(c2ccccc2)CCC1O. The van der Waals surface area contributed by atoms with Gasteiger partial charge in [0.1, 0.15) is 0 Å². The van der Waals surface area contributed by atoms with Crippen molar-refractivity contribution in [2.75, 3.05) is 6.61 Å². The van der Waals surface area contributed by atoms with Crippen molar-refractivity contribution in [3.8, 4) is 0 Å². The van der Waals surface area contributed by atoms with Crippen LogP contribution in [-0.2, 0) is 4.74 Å². The molecule has 1 aromatic carbocycles. The second-order valence-corrected chi connectivity index (χ2v) is 6.25. The first-order valence-electron chi connectivity index (χ1n) is 8.05. The molecule has 2 heteroatoms. The molecule has 0 heterocycles. The lowest BCUT2D eigenvalue weighted by atomic mass is 9.81. The third-order valence-electron chi connectivity index (χ3n) is 4.40. The van der Waals surface area contributed by atoms with E-state index in [0.29, 0.717) is 11.8 Å². The molecule has 1 fully saturated rings. The predicted octanol–water partition coefficient (Wildman–Crippen LogP) is 4.14. The predicted molar refractivity (Wildman–Crippen MR) is 82.9 cm³/mol. The number of aliphatic hydroxyl groups is 1. The first-order valence-corrected chi connectivity index (χ1v) is 8.05. The van der Waals surface area contributed by atoms with E-state index in [9.17, 15) is 5.11 Å². The summed E-state index contributed by atoms with van der Waals surface area (Å²) in [6, 6.07) is 10.6. The molecule has 0 bridgehead atoms. The maximum absolute atomic E-state index is 10.2. The number of rotatable bonds is 6. The largest absolute Gasteiger partial charge is 0.390 e. The second kappa shape index (κ2) is 7.80. The van der Waals surface area contributed by atoms with Crippen LogP contribution in [0.5, 0.6) is 0 Å². The zero-order valence-corrected chi connectivity index (χ0v) is 12.8. The fourth-order valence-corrected chi connectivity index (χ4v) is 3.18. The van der Waals surface area contributed by atoms with Gasteiger partial charge in [-0.05, 0) is 43.1 Å². The maximum atomic E-state index is 10.2. The van der Waals surface area contributed by atoms with Gasteiger partial charge in [0.05, 0.1) is 12.2 Å². The highest BCUT2D eigenvalue weighted by atomic mass is 16.5. The molecule has 0 saturated heterocycles. The van der Waals surface area contributed by atoms with E-state index in [-0.39, 0.29) is 12.2 Å². The number of hydrogen-bond acceptors (Lipinski definition) is 2. The van der Waals surface area contributed by atoms with E-state index in [1.807, 2.05) is 0 Å². The van der Waals surface area contributed by atoms with Gasteiger partial charge in [0, 0.05) is 6.61 Å². The molecule has 0 amide bonds. The maximum Gasteiger partial charge on any atom is 0.0839 e. The molecule has 1 N–H and O–H groups in total. The Morgan fingerprint density at radius 3 is 2.70 bits per heavy atom. The standard InChI is InChI=1S/C18H28O2/c1-3-7-14(2)13-20-18-12-16(10-11-17(18)19)15-8-5-4-6-9-15/h4-6,8-9,14,16-19H,3,7,10-13H2,1-2H3. The Bertz CT molecular complexity index is 376. The minimum Gasteiger partial charge on any atom is -0.390 e. The molecule has 0 aromatic heterocycles. The molecule has 4 atom stereocenters. The number of aliphatic hydroxyl groups excluding tert-OH is 1. The van der Waals surface area contributed by atoms with Gasteiger partial charge in [-0.3, -0.25) is 0 Å². The third-order valence-corrected chi connectivity index (χ3v) is 4.40. The van der Waals surface area contributed by atoms with E-state index >= 15 is 0 Å². The van der Waals surface area contributed by atoms with Gasteiger partial charge in [0.25, 0.3) is 0 Å². The van der Waals surface area contributed by atoms with Crippen LogP contribution in [0.25, 0.3) is 0 Å². The fourth-order valence-electron chi connectivity index (χ4n) is 3.18. The molecule has 4 unspecified atom stereocenters. The van der Waals surface area contributed by atoms with E-state index in [2.05, 4.69) is 44.2 Å². The van der Waals surface area contributed by atoms with Crippen LogP contribution in [0.4, 0.5) is 0 Å². The van der Waals surface area contributed by atoms with Crippen molar-refractivity contribution in [1.82, 2.24) is 0 Å². The molecule has 2 rings (SSSR count). The topological polar surface area (TPSA) is 29.5 Å². The summed E-state index contributed by atoms with van der Waals surface area (Å²) < 4.78 is 6.01. The lowest BCUT2D eigenvalue weighted by Crippen LogP contribution is -2.36. The minimum atomic E-state index is -0.288. The van der Waals surface area contributed by atoms with Gasteiger partial charge in [-0.2, -0.15) is 0 Å². The Labute approximate surface area is 123 Å². The number of hydrogen-bond donors (Lipinski definition) is 1. The van der Waals surface area contributed by atoms with E-state index in [0.717, 1.165) is 25.9 Å². The molecule has 1 aliphatic carbocycles. The van der Waals surface area contributed by atoms with Gasteiger partial charge in [-0.15, -0.1) is 0 Å². The Balaban J connectivity index is 1.88. The summed E-state index contributed by atoms with van der Waals surface area (Å²) in [4.78, 5) is 0. The van der Waals surface area contributed by atoms with Crippen LogP contribution in [0.1, 0.15) is 57.4 Å². The molecule has 20 heavy (non-hydrogen) atoms. The molecule has 0 aliphatic heterocycles. The summed E-state index contributed by atoms with van der Waals surface area (Å²) in [5.41, 5.74) is 1.38. The van der Waals surface area contributed by atoms with Crippen LogP contribution < -0.4 is 0 Å². The monoisotopic (exact) mass is 276 g/mol. The number of ether oxygens (including phenoxy) is 1. The van der Waals surface area contributed by atoms with Crippen molar-refractivity contribution in [1.29, 1.82) is 0 Å². The number of benzene rings is 1. The molecular weight excluding hydrogens is 248 g/mol. The Kier molecular flexibility index (Phi) is 6.06. The van der Waals surface area contributed by atoms with E-state index < -0.39 is 0 Å². The quantitative estimate of drug-likeness (QED) is 0.846. The van der Waals surface area contributed by atoms with Crippen molar-refractivity contribution in [2.45, 2.75) is 64.1 Å². The van der Waals surface area contributed by atoms with Crippen LogP contribution in [0.3, 0.4) is 0 Å². The van der Waals surface area contributed by atoms with Crippen molar-refractivity contribution in [3.63, 3.8) is 0 Å². The Hall–Kier alpha value is -0.860. The molecule has 1 aromatic rings. The Morgan fingerprint density at radius 1 is 1.25 bits per heavy atom. The highest BCUT2D eigenvalue weighted by Gasteiger charge is 2.30. The fraction of sp³-hybridized carbons (Fsp3) is 0.667. The lowest BCUT2D eigenvalue weighted by Gasteiger charge is -2.34. The molecule has 0 radical (unpaired) electrons. The summed E-state index contributed by atoms with van der Waals surface area (Å²) in [5, 5.41) is 10.2. The molecule has 2 nitrogen and oxygen atoms in total. The van der Waals surface area contributed by atoms with Gasteiger partial charge < -0.3 is 9.84 Å². The zero-order chi connectivity index (χ0) is 14.4. The van der Waals surface area contributed by atoms with Crippen LogP contribution in [-0.4, -0.2) is 23.9 Å². The summed E-state index contributed by atoms with van der Waals surface area (Å²) >= 11 is 0. The summed E-state index contributed by atoms with van der Waals surface area (Å²) in [5.74, 6) is 1.12. The molecular formula is C18H28O2. The molecule has 0 spiro atoms. The van der Waals surface area contributed by atoms with E-state index in [1.165, 1.54) is 18.4 Å². The zero-order valence-electron chi connectivity index (χ0n) is 12.8. The highest BCUT2D eigenvalue weighted by Crippen LogP contribution is 2.34. The smallest absolute Gasteiger partial charge is 0.0839 e. The summed E-state index contributed by atoms with van der Waals surface area (Å²) in [6.07, 6.45) is 4.98. The van der Waals surface area contributed by atoms with Crippen molar-refractivity contribution >= 4 is 0 Å². The van der Waals surface area contributed by atoms with Crippen LogP contribution >= 0.6 is 0 Å². The van der Waals surface area contributed by atoms with Gasteiger partial charge >= 0.3 is 0 Å².